The fraction of sp³-hybridized carbons (Fsp3) is 0.533. The molecular weight excluding hydrogens is 310 g/mol. The lowest BCUT2D eigenvalue weighted by Crippen LogP contribution is -2.57. The van der Waals surface area contributed by atoms with Crippen molar-refractivity contribution in [2.45, 2.75) is 37.3 Å². The lowest BCUT2D eigenvalue weighted by atomic mass is 9.91. The second kappa shape index (κ2) is 5.61. The molecule has 2 rings (SSSR count). The molecule has 4 nitrogen and oxygen atoms in total. The molecule has 0 spiro atoms. The Kier molecular flexibility index (Phi) is 4.36. The molecule has 1 aliphatic heterocycles. The summed E-state index contributed by atoms with van der Waals surface area (Å²) in [6.07, 6.45) is 0.431. The van der Waals surface area contributed by atoms with Crippen molar-refractivity contribution in [2.75, 3.05) is 13.1 Å². The van der Waals surface area contributed by atoms with E-state index in [1.165, 1.54) is 12.1 Å². The van der Waals surface area contributed by atoms with Crippen molar-refractivity contribution >= 4 is 27.3 Å². The molecular formula is C15H20ClNO3S. The summed E-state index contributed by atoms with van der Waals surface area (Å²) in [6.45, 7) is 6.53. The van der Waals surface area contributed by atoms with Crippen LogP contribution in [-0.4, -0.2) is 37.6 Å². The molecule has 0 unspecified atom stereocenters. The van der Waals surface area contributed by atoms with Crippen molar-refractivity contribution in [1.82, 2.24) is 4.90 Å². The summed E-state index contributed by atoms with van der Waals surface area (Å²) in [6, 6.07) is 6.15. The van der Waals surface area contributed by atoms with Gasteiger partial charge in [-0.15, -0.1) is 0 Å². The summed E-state index contributed by atoms with van der Waals surface area (Å²) in [5, 5.41) is -0.00728. The summed E-state index contributed by atoms with van der Waals surface area (Å²) >= 11 is 5.77. The second-order valence-corrected chi connectivity index (χ2v) is 9.32. The number of carbonyl (C=O) groups excluding carboxylic acids is 1. The summed E-state index contributed by atoms with van der Waals surface area (Å²) in [4.78, 5) is 13.9. The first-order valence-electron chi connectivity index (χ1n) is 6.87. The van der Waals surface area contributed by atoms with Gasteiger partial charge in [0.1, 0.15) is 5.25 Å². The predicted molar refractivity (Wildman–Crippen MR) is 83.1 cm³/mol. The summed E-state index contributed by atoms with van der Waals surface area (Å²) < 4.78 is 24.8. The summed E-state index contributed by atoms with van der Waals surface area (Å²) in [5.74, 6) is 0.0186. The average Bonchev–Trinajstić information content (AvgIpc) is 2.24. The Morgan fingerprint density at radius 2 is 1.76 bits per heavy atom. The van der Waals surface area contributed by atoms with Crippen LogP contribution in [-0.2, 0) is 14.6 Å². The minimum Gasteiger partial charge on any atom is -0.340 e. The van der Waals surface area contributed by atoms with Gasteiger partial charge in [0.05, 0.1) is 4.90 Å². The van der Waals surface area contributed by atoms with Gasteiger partial charge in [-0.2, -0.15) is 0 Å². The molecule has 6 heteroatoms. The van der Waals surface area contributed by atoms with Crippen molar-refractivity contribution in [3.63, 3.8) is 0 Å². The lowest BCUT2D eigenvalue weighted by molar-refractivity contribution is -0.136. The zero-order valence-electron chi connectivity index (χ0n) is 12.5. The zero-order valence-corrected chi connectivity index (χ0v) is 14.0. The van der Waals surface area contributed by atoms with Gasteiger partial charge in [-0.25, -0.2) is 8.42 Å². The quantitative estimate of drug-likeness (QED) is 0.856. The SMILES string of the molecule is CC(C)(C)CC(=O)N1CC(S(=O)(=O)c2ccc(Cl)cc2)C1. The maximum Gasteiger partial charge on any atom is 0.223 e. The van der Waals surface area contributed by atoms with Gasteiger partial charge in [0, 0.05) is 24.5 Å². The predicted octanol–water partition coefficient (Wildman–Crippen LogP) is 2.76. The Hall–Kier alpha value is -1.07. The molecule has 116 valence electrons. The van der Waals surface area contributed by atoms with Crippen LogP contribution in [0, 0.1) is 5.41 Å². The fourth-order valence-corrected chi connectivity index (χ4v) is 4.00. The number of carbonyl (C=O) groups is 1. The number of benzene rings is 1. The third-order valence-electron chi connectivity index (χ3n) is 3.46. The monoisotopic (exact) mass is 329 g/mol. The average molecular weight is 330 g/mol. The van der Waals surface area contributed by atoms with Gasteiger partial charge in [-0.1, -0.05) is 32.4 Å². The smallest absolute Gasteiger partial charge is 0.223 e. The van der Waals surface area contributed by atoms with Gasteiger partial charge >= 0.3 is 0 Å². The highest BCUT2D eigenvalue weighted by Gasteiger charge is 2.40. The molecule has 21 heavy (non-hydrogen) atoms. The van der Waals surface area contributed by atoms with E-state index in [1.807, 2.05) is 20.8 Å². The van der Waals surface area contributed by atoms with Crippen LogP contribution in [0.2, 0.25) is 5.02 Å². The summed E-state index contributed by atoms with van der Waals surface area (Å²) in [5.41, 5.74) is -0.0861. The van der Waals surface area contributed by atoms with Gasteiger partial charge in [0.25, 0.3) is 0 Å². The van der Waals surface area contributed by atoms with Crippen molar-refractivity contribution < 1.29 is 13.2 Å². The van der Waals surface area contributed by atoms with E-state index in [9.17, 15) is 13.2 Å². The van der Waals surface area contributed by atoms with Crippen molar-refractivity contribution in [3.05, 3.63) is 29.3 Å². The number of nitrogens with zero attached hydrogens (tertiary/aromatic N) is 1. The first-order valence-corrected chi connectivity index (χ1v) is 8.79. The number of hydrogen-bond donors (Lipinski definition) is 0. The van der Waals surface area contributed by atoms with Crippen molar-refractivity contribution in [3.8, 4) is 0 Å². The minimum absolute atomic E-state index is 0.0186. The van der Waals surface area contributed by atoms with E-state index in [1.54, 1.807) is 17.0 Å². The molecule has 0 bridgehead atoms. The van der Waals surface area contributed by atoms with Crippen LogP contribution in [0.5, 0.6) is 0 Å². The van der Waals surface area contributed by atoms with Crippen molar-refractivity contribution in [1.29, 1.82) is 0 Å². The minimum atomic E-state index is -3.38. The number of likely N-dealkylation sites (tertiary alicyclic amines) is 1. The van der Waals surface area contributed by atoms with Crippen LogP contribution in [0.3, 0.4) is 0 Å². The Bertz CT molecular complexity index is 626. The van der Waals surface area contributed by atoms with E-state index in [0.717, 1.165) is 0 Å². The molecule has 1 aromatic rings. The first kappa shape index (κ1) is 16.3. The Morgan fingerprint density at radius 1 is 1.24 bits per heavy atom. The molecule has 0 saturated carbocycles. The molecule has 1 saturated heterocycles. The van der Waals surface area contributed by atoms with Crippen LogP contribution in [0.4, 0.5) is 0 Å². The highest BCUT2D eigenvalue weighted by molar-refractivity contribution is 7.92. The maximum absolute atomic E-state index is 12.4. The topological polar surface area (TPSA) is 54.5 Å². The van der Waals surface area contributed by atoms with E-state index >= 15 is 0 Å². The van der Waals surface area contributed by atoms with E-state index in [0.29, 0.717) is 11.4 Å². The Labute approximate surface area is 131 Å². The molecule has 1 amide bonds. The Morgan fingerprint density at radius 3 is 2.24 bits per heavy atom. The Balaban J connectivity index is 2.00. The number of sulfone groups is 1. The largest absolute Gasteiger partial charge is 0.340 e. The third kappa shape index (κ3) is 3.77. The van der Waals surface area contributed by atoms with Gasteiger partial charge < -0.3 is 4.90 Å². The van der Waals surface area contributed by atoms with Gasteiger partial charge in [0.15, 0.2) is 9.84 Å². The zero-order chi connectivity index (χ0) is 15.8. The van der Waals surface area contributed by atoms with Crippen LogP contribution in [0.15, 0.2) is 29.2 Å². The molecule has 1 heterocycles. The fourth-order valence-electron chi connectivity index (χ4n) is 2.22. The summed E-state index contributed by atoms with van der Waals surface area (Å²) in [7, 11) is -3.38. The third-order valence-corrected chi connectivity index (χ3v) is 5.82. The molecule has 0 aliphatic carbocycles. The normalized spacial score (nSPS) is 16.7. The second-order valence-electron chi connectivity index (χ2n) is 6.66. The van der Waals surface area contributed by atoms with Crippen LogP contribution < -0.4 is 0 Å². The van der Waals surface area contributed by atoms with Crippen LogP contribution in [0.1, 0.15) is 27.2 Å². The molecule has 1 aromatic carbocycles. The molecule has 0 N–H and O–H groups in total. The standard InChI is InChI=1S/C15H20ClNO3S/c1-15(2,3)8-14(18)17-9-13(10-17)21(19,20)12-6-4-11(16)5-7-12/h4-7,13H,8-10H2,1-3H3. The van der Waals surface area contributed by atoms with Crippen molar-refractivity contribution in [2.24, 2.45) is 5.41 Å². The molecule has 1 aliphatic rings. The number of amides is 1. The number of rotatable bonds is 3. The van der Waals surface area contributed by atoms with Gasteiger partial charge in [0.2, 0.25) is 5.91 Å². The molecule has 0 radical (unpaired) electrons. The highest BCUT2D eigenvalue weighted by atomic mass is 35.5. The van der Waals surface area contributed by atoms with Gasteiger partial charge in [-0.3, -0.25) is 4.79 Å². The maximum atomic E-state index is 12.4. The lowest BCUT2D eigenvalue weighted by Gasteiger charge is -2.39. The molecule has 0 atom stereocenters. The molecule has 1 fully saturated rings. The highest BCUT2D eigenvalue weighted by Crippen LogP contribution is 2.27. The van der Waals surface area contributed by atoms with E-state index in [2.05, 4.69) is 0 Å². The van der Waals surface area contributed by atoms with E-state index < -0.39 is 15.1 Å². The first-order chi connectivity index (χ1) is 9.59. The van der Waals surface area contributed by atoms with Crippen LogP contribution in [0.25, 0.3) is 0 Å². The molecule has 0 aromatic heterocycles. The van der Waals surface area contributed by atoms with Crippen LogP contribution >= 0.6 is 11.6 Å². The van der Waals surface area contributed by atoms with E-state index in [-0.39, 0.29) is 29.3 Å². The number of hydrogen-bond acceptors (Lipinski definition) is 3. The van der Waals surface area contributed by atoms with Gasteiger partial charge in [-0.05, 0) is 29.7 Å². The van der Waals surface area contributed by atoms with E-state index in [4.69, 9.17) is 11.6 Å². The number of halogens is 1.